The molecule has 3 rings (SSSR count). The van der Waals surface area contributed by atoms with Crippen LogP contribution in [0.3, 0.4) is 0 Å². The zero-order valence-electron chi connectivity index (χ0n) is 9.98. The molecule has 8 heteroatoms. The Labute approximate surface area is 108 Å². The third-order valence-electron chi connectivity index (χ3n) is 3.04. The first kappa shape index (κ1) is 11.7. The Kier molecular flexibility index (Phi) is 2.71. The third kappa shape index (κ3) is 1.95. The van der Waals surface area contributed by atoms with Gasteiger partial charge in [0, 0.05) is 24.1 Å². The molecule has 2 aromatic heterocycles. The van der Waals surface area contributed by atoms with E-state index in [0.29, 0.717) is 36.7 Å². The number of pyridine rings is 1. The summed E-state index contributed by atoms with van der Waals surface area (Å²) in [5.74, 6) is -0.408. The number of anilines is 1. The van der Waals surface area contributed by atoms with E-state index in [1.165, 1.54) is 6.20 Å². The van der Waals surface area contributed by atoms with E-state index in [1.54, 1.807) is 6.07 Å². The van der Waals surface area contributed by atoms with Gasteiger partial charge in [0.15, 0.2) is 5.39 Å². The van der Waals surface area contributed by atoms with Gasteiger partial charge in [-0.05, 0) is 0 Å². The van der Waals surface area contributed by atoms with Crippen LogP contribution in [-0.2, 0) is 4.74 Å². The van der Waals surface area contributed by atoms with E-state index in [1.807, 2.05) is 4.90 Å². The number of rotatable bonds is 1. The molecule has 3 heterocycles. The minimum atomic E-state index is -0.631. The van der Waals surface area contributed by atoms with E-state index in [0.717, 1.165) is 0 Å². The lowest BCUT2D eigenvalue weighted by atomic mass is 10.2. The van der Waals surface area contributed by atoms with Gasteiger partial charge in [-0.1, -0.05) is 0 Å². The Morgan fingerprint density at radius 2 is 2.00 bits per heavy atom. The maximum Gasteiger partial charge on any atom is 0.434 e. The number of hydrogen-bond donors (Lipinski definition) is 2. The maximum atomic E-state index is 11.7. The third-order valence-corrected chi connectivity index (χ3v) is 3.04. The number of ether oxygens (including phenoxy) is 1. The normalized spacial score (nSPS) is 15.9. The molecule has 8 nitrogen and oxygen atoms in total. The summed E-state index contributed by atoms with van der Waals surface area (Å²) in [4.78, 5) is 9.13. The number of fused-ring (bicyclic) bond motifs is 1. The van der Waals surface area contributed by atoms with Crippen LogP contribution in [0, 0.1) is 5.21 Å². The lowest BCUT2D eigenvalue weighted by Gasteiger charge is -2.29. The predicted octanol–water partition coefficient (Wildman–Crippen LogP) is -0.489. The molecular weight excluding hydrogens is 252 g/mol. The van der Waals surface area contributed by atoms with Crippen molar-refractivity contribution in [3.63, 3.8) is 0 Å². The molecular formula is C11H12N4O4. The number of hydrogen-bond acceptors (Lipinski definition) is 7. The van der Waals surface area contributed by atoms with Gasteiger partial charge in [0.2, 0.25) is 5.88 Å². The Morgan fingerprint density at radius 1 is 1.26 bits per heavy atom. The largest absolute Gasteiger partial charge is 0.710 e. The Hall–Kier alpha value is -2.35. The van der Waals surface area contributed by atoms with Gasteiger partial charge in [0.05, 0.1) is 25.1 Å². The quantitative estimate of drug-likeness (QED) is 0.529. The molecule has 2 N–H and O–H groups in total. The van der Waals surface area contributed by atoms with Crippen LogP contribution in [0.2, 0.25) is 0 Å². The highest BCUT2D eigenvalue weighted by molar-refractivity contribution is 5.91. The van der Waals surface area contributed by atoms with Crippen molar-refractivity contribution in [3.05, 3.63) is 17.5 Å². The highest BCUT2D eigenvalue weighted by atomic mass is 16.5. The van der Waals surface area contributed by atoms with E-state index in [-0.39, 0.29) is 11.0 Å². The zero-order chi connectivity index (χ0) is 13.4. The van der Waals surface area contributed by atoms with Crippen molar-refractivity contribution in [2.75, 3.05) is 31.2 Å². The van der Waals surface area contributed by atoms with Gasteiger partial charge in [-0.3, -0.25) is 0 Å². The van der Waals surface area contributed by atoms with Gasteiger partial charge < -0.3 is 25.1 Å². The van der Waals surface area contributed by atoms with E-state index in [9.17, 15) is 15.4 Å². The number of aromatic nitrogens is 3. The zero-order valence-corrected chi connectivity index (χ0v) is 9.98. The Bertz CT molecular complexity index is 628. The highest BCUT2D eigenvalue weighted by Crippen LogP contribution is 2.31. The summed E-state index contributed by atoms with van der Waals surface area (Å²) in [6.45, 7) is 2.46. The van der Waals surface area contributed by atoms with E-state index >= 15 is 0 Å². The molecule has 0 aliphatic carbocycles. The second-order valence-electron chi connectivity index (χ2n) is 4.17. The Morgan fingerprint density at radius 3 is 2.74 bits per heavy atom. The summed E-state index contributed by atoms with van der Waals surface area (Å²) in [7, 11) is 0. The van der Waals surface area contributed by atoms with Crippen molar-refractivity contribution in [2.45, 2.75) is 0 Å². The topological polar surface area (TPSA) is 106 Å². The number of aromatic hydroxyl groups is 2. The molecule has 1 aliphatic rings. The van der Waals surface area contributed by atoms with Crippen molar-refractivity contribution in [2.24, 2.45) is 0 Å². The summed E-state index contributed by atoms with van der Waals surface area (Å²) < 4.78 is 5.75. The van der Waals surface area contributed by atoms with E-state index in [4.69, 9.17) is 4.74 Å². The molecule has 0 bridgehead atoms. The molecule has 1 saturated heterocycles. The fraction of sp³-hybridized carbons (Fsp3) is 0.364. The molecule has 19 heavy (non-hydrogen) atoms. The molecule has 1 aliphatic heterocycles. The molecule has 0 radical (unpaired) electrons. The molecule has 0 aromatic carbocycles. The van der Waals surface area contributed by atoms with Crippen molar-refractivity contribution >= 4 is 16.7 Å². The number of nitrogens with zero attached hydrogens (tertiary/aromatic N) is 4. The number of morpholine rings is 1. The van der Waals surface area contributed by atoms with Crippen molar-refractivity contribution < 1.29 is 19.7 Å². The van der Waals surface area contributed by atoms with Crippen LogP contribution < -0.4 is 9.63 Å². The average molecular weight is 264 g/mol. The van der Waals surface area contributed by atoms with Crippen molar-refractivity contribution in [1.29, 1.82) is 0 Å². The molecule has 0 atom stereocenters. The molecule has 1 fully saturated rings. The standard InChI is InChI=1S/C11H12N4O4/c16-10-8-7(14-3-5-19-6-4-14)1-2-15(18)9(8)12-11(17)13-10/h1-2H,3-6H2,(H2,12,13,16,17). The van der Waals surface area contributed by atoms with Crippen LogP contribution in [0.1, 0.15) is 0 Å². The summed E-state index contributed by atoms with van der Waals surface area (Å²) in [6.07, 6.45) is 1.29. The summed E-state index contributed by atoms with van der Waals surface area (Å²) in [5, 5.41) is 31.0. The van der Waals surface area contributed by atoms with Crippen molar-refractivity contribution in [1.82, 2.24) is 9.97 Å². The van der Waals surface area contributed by atoms with Crippen LogP contribution in [0.5, 0.6) is 11.9 Å². The maximum absolute atomic E-state index is 11.7. The predicted molar refractivity (Wildman–Crippen MR) is 64.9 cm³/mol. The molecule has 0 amide bonds. The van der Waals surface area contributed by atoms with E-state index in [2.05, 4.69) is 9.97 Å². The second kappa shape index (κ2) is 4.39. The molecule has 2 aromatic rings. The fourth-order valence-corrected chi connectivity index (χ4v) is 2.17. The SMILES string of the molecule is [O-][n+]1ccc(N2CCOCC2)c2c(O)nc(O)nc21. The first-order chi connectivity index (χ1) is 9.16. The highest BCUT2D eigenvalue weighted by Gasteiger charge is 2.23. The molecule has 0 spiro atoms. The van der Waals surface area contributed by atoms with Crippen LogP contribution in [-0.4, -0.2) is 46.5 Å². The van der Waals surface area contributed by atoms with Crippen LogP contribution in [0.4, 0.5) is 5.69 Å². The summed E-state index contributed by atoms with van der Waals surface area (Å²) in [6, 6.07) is 0.967. The van der Waals surface area contributed by atoms with Crippen LogP contribution in [0.25, 0.3) is 11.0 Å². The monoisotopic (exact) mass is 264 g/mol. The smallest absolute Gasteiger partial charge is 0.434 e. The van der Waals surface area contributed by atoms with Gasteiger partial charge >= 0.3 is 11.7 Å². The van der Waals surface area contributed by atoms with Gasteiger partial charge in [0.25, 0.3) is 0 Å². The molecule has 0 saturated carbocycles. The van der Waals surface area contributed by atoms with Crippen molar-refractivity contribution in [3.8, 4) is 11.9 Å². The van der Waals surface area contributed by atoms with Crippen LogP contribution >= 0.6 is 0 Å². The fourth-order valence-electron chi connectivity index (χ4n) is 2.17. The molecule has 0 unspecified atom stereocenters. The van der Waals surface area contributed by atoms with Gasteiger partial charge in [-0.2, -0.15) is 0 Å². The van der Waals surface area contributed by atoms with E-state index < -0.39 is 11.9 Å². The van der Waals surface area contributed by atoms with Gasteiger partial charge in [0.1, 0.15) is 0 Å². The lowest BCUT2D eigenvalue weighted by molar-refractivity contribution is -0.579. The minimum absolute atomic E-state index is 0.0611. The van der Waals surface area contributed by atoms with Crippen LogP contribution in [0.15, 0.2) is 12.3 Å². The van der Waals surface area contributed by atoms with Gasteiger partial charge in [-0.25, -0.2) is 4.73 Å². The lowest BCUT2D eigenvalue weighted by Crippen LogP contribution is -2.37. The summed E-state index contributed by atoms with van der Waals surface area (Å²) in [5.41, 5.74) is 0.594. The first-order valence-electron chi connectivity index (χ1n) is 5.81. The minimum Gasteiger partial charge on any atom is -0.710 e. The first-order valence-corrected chi connectivity index (χ1v) is 5.81. The molecule has 100 valence electrons. The second-order valence-corrected chi connectivity index (χ2v) is 4.17. The Balaban J connectivity index is 2.22. The summed E-state index contributed by atoms with van der Waals surface area (Å²) >= 11 is 0. The van der Waals surface area contributed by atoms with Gasteiger partial charge in [-0.15, -0.1) is 4.98 Å². The average Bonchev–Trinajstić information content (AvgIpc) is 2.41.